The molecule has 6 nitrogen and oxygen atoms in total. The van der Waals surface area contributed by atoms with Gasteiger partial charge in [0.15, 0.2) is 0 Å². The lowest BCUT2D eigenvalue weighted by Crippen LogP contribution is -2.19. The van der Waals surface area contributed by atoms with Gasteiger partial charge in [-0.1, -0.05) is 11.6 Å². The third-order valence-electron chi connectivity index (χ3n) is 2.84. The van der Waals surface area contributed by atoms with Crippen molar-refractivity contribution in [2.24, 2.45) is 0 Å². The molecule has 106 valence electrons. The van der Waals surface area contributed by atoms with Crippen LogP contribution in [0, 0.1) is 17.0 Å². The first-order chi connectivity index (χ1) is 9.56. The van der Waals surface area contributed by atoms with Gasteiger partial charge < -0.3 is 5.32 Å². The van der Waals surface area contributed by atoms with Gasteiger partial charge in [-0.05, 0) is 24.1 Å². The molecule has 2 aromatic rings. The van der Waals surface area contributed by atoms with Crippen LogP contribution in [0.25, 0.3) is 0 Å². The van der Waals surface area contributed by atoms with E-state index in [4.69, 9.17) is 11.6 Å². The predicted octanol–water partition coefficient (Wildman–Crippen LogP) is 2.54. The van der Waals surface area contributed by atoms with Crippen LogP contribution in [-0.4, -0.2) is 21.2 Å². The van der Waals surface area contributed by atoms with Gasteiger partial charge in [0.05, 0.1) is 22.7 Å². The minimum Gasteiger partial charge on any atom is -0.311 e. The largest absolute Gasteiger partial charge is 0.311 e. The maximum atomic E-state index is 10.6. The topological polar surface area (TPSA) is 73.0 Å². The van der Waals surface area contributed by atoms with Gasteiger partial charge in [0.2, 0.25) is 0 Å². The second kappa shape index (κ2) is 6.49. The van der Waals surface area contributed by atoms with Crippen molar-refractivity contribution in [3.63, 3.8) is 0 Å². The number of hydrogen-bond donors (Lipinski definition) is 1. The SMILES string of the molecule is Cc1cnn(CCNCc2ccc([N+](=O)[O-])cc2Cl)c1. The zero-order valence-electron chi connectivity index (χ0n) is 11.0. The molecule has 0 fully saturated rings. The zero-order valence-corrected chi connectivity index (χ0v) is 11.8. The van der Waals surface area contributed by atoms with Gasteiger partial charge in [-0.3, -0.25) is 14.8 Å². The number of rotatable bonds is 6. The van der Waals surface area contributed by atoms with Gasteiger partial charge in [-0.2, -0.15) is 5.10 Å². The fraction of sp³-hybridized carbons (Fsp3) is 0.308. The first kappa shape index (κ1) is 14.5. The average molecular weight is 295 g/mol. The molecule has 20 heavy (non-hydrogen) atoms. The number of nitro benzene ring substituents is 1. The number of aromatic nitrogens is 2. The van der Waals surface area contributed by atoms with Crippen molar-refractivity contribution in [2.75, 3.05) is 6.54 Å². The summed E-state index contributed by atoms with van der Waals surface area (Å²) in [6.07, 6.45) is 3.79. The highest BCUT2D eigenvalue weighted by Crippen LogP contribution is 2.22. The first-order valence-corrected chi connectivity index (χ1v) is 6.56. The van der Waals surface area contributed by atoms with Crippen molar-refractivity contribution < 1.29 is 4.92 Å². The van der Waals surface area contributed by atoms with E-state index in [0.29, 0.717) is 11.6 Å². The summed E-state index contributed by atoms with van der Waals surface area (Å²) in [5, 5.41) is 18.4. The monoisotopic (exact) mass is 294 g/mol. The Morgan fingerprint density at radius 3 is 2.90 bits per heavy atom. The Kier molecular flexibility index (Phi) is 4.70. The molecular formula is C13H15ClN4O2. The minimum atomic E-state index is -0.455. The lowest BCUT2D eigenvalue weighted by atomic mass is 10.2. The summed E-state index contributed by atoms with van der Waals surface area (Å²) in [6, 6.07) is 4.50. The Morgan fingerprint density at radius 2 is 2.30 bits per heavy atom. The third-order valence-corrected chi connectivity index (χ3v) is 3.19. The van der Waals surface area contributed by atoms with Crippen molar-refractivity contribution >= 4 is 17.3 Å². The Bertz CT molecular complexity index is 612. The number of aryl methyl sites for hydroxylation is 1. The average Bonchev–Trinajstić information content (AvgIpc) is 2.81. The standard InChI is InChI=1S/C13H15ClN4O2/c1-10-7-16-17(9-10)5-4-15-8-11-2-3-12(18(19)20)6-13(11)14/h2-3,6-7,9,15H,4-5,8H2,1H3. The maximum absolute atomic E-state index is 10.6. The van der Waals surface area contributed by atoms with Crippen LogP contribution in [0.3, 0.4) is 0 Å². The van der Waals surface area contributed by atoms with E-state index in [2.05, 4.69) is 10.4 Å². The molecule has 1 heterocycles. The number of benzene rings is 1. The van der Waals surface area contributed by atoms with E-state index in [-0.39, 0.29) is 5.69 Å². The van der Waals surface area contributed by atoms with Crippen LogP contribution in [0.2, 0.25) is 5.02 Å². The zero-order chi connectivity index (χ0) is 14.5. The molecule has 0 aliphatic carbocycles. The first-order valence-electron chi connectivity index (χ1n) is 6.19. The number of nitrogens with zero attached hydrogens (tertiary/aromatic N) is 3. The van der Waals surface area contributed by atoms with Crippen molar-refractivity contribution in [1.29, 1.82) is 0 Å². The molecule has 7 heteroatoms. The minimum absolute atomic E-state index is 0.00534. The van der Waals surface area contributed by atoms with Gasteiger partial charge in [-0.25, -0.2) is 0 Å². The molecular weight excluding hydrogens is 280 g/mol. The summed E-state index contributed by atoms with van der Waals surface area (Å²) in [5.41, 5.74) is 1.98. The quantitative estimate of drug-likeness (QED) is 0.505. The molecule has 2 rings (SSSR count). The molecule has 0 saturated carbocycles. The van der Waals surface area contributed by atoms with Crippen LogP contribution in [-0.2, 0) is 13.1 Å². The Morgan fingerprint density at radius 1 is 1.50 bits per heavy atom. The van der Waals surface area contributed by atoms with E-state index in [9.17, 15) is 10.1 Å². The van der Waals surface area contributed by atoms with Crippen molar-refractivity contribution in [3.05, 3.63) is 56.9 Å². The molecule has 0 aliphatic rings. The summed E-state index contributed by atoms with van der Waals surface area (Å²) >= 11 is 6.01. The van der Waals surface area contributed by atoms with E-state index in [0.717, 1.165) is 24.2 Å². The van der Waals surface area contributed by atoms with Crippen LogP contribution in [0.5, 0.6) is 0 Å². The van der Waals surface area contributed by atoms with Crippen LogP contribution >= 0.6 is 11.6 Å². The fourth-order valence-electron chi connectivity index (χ4n) is 1.80. The summed E-state index contributed by atoms with van der Waals surface area (Å²) in [7, 11) is 0. The highest BCUT2D eigenvalue weighted by atomic mass is 35.5. The van der Waals surface area contributed by atoms with Crippen LogP contribution in [0.15, 0.2) is 30.6 Å². The molecule has 1 N–H and O–H groups in total. The van der Waals surface area contributed by atoms with Crippen molar-refractivity contribution in [2.45, 2.75) is 20.0 Å². The van der Waals surface area contributed by atoms with E-state index in [1.54, 1.807) is 6.07 Å². The molecule has 0 spiro atoms. The van der Waals surface area contributed by atoms with Crippen molar-refractivity contribution in [3.8, 4) is 0 Å². The molecule has 1 aromatic heterocycles. The normalized spacial score (nSPS) is 10.7. The van der Waals surface area contributed by atoms with Gasteiger partial charge in [0.1, 0.15) is 0 Å². The number of nitrogens with one attached hydrogen (secondary N) is 1. The third kappa shape index (κ3) is 3.79. The predicted molar refractivity (Wildman–Crippen MR) is 76.8 cm³/mol. The Balaban J connectivity index is 1.83. The smallest absolute Gasteiger partial charge is 0.270 e. The molecule has 0 saturated heterocycles. The molecule has 0 aliphatic heterocycles. The molecule has 0 atom stereocenters. The van der Waals surface area contributed by atoms with Gasteiger partial charge in [-0.15, -0.1) is 0 Å². The lowest BCUT2D eigenvalue weighted by Gasteiger charge is -2.07. The summed E-state index contributed by atoms with van der Waals surface area (Å²) in [6.45, 7) is 4.07. The van der Waals surface area contributed by atoms with Crippen LogP contribution in [0.1, 0.15) is 11.1 Å². The van der Waals surface area contributed by atoms with E-state index in [1.165, 1.54) is 12.1 Å². The van der Waals surface area contributed by atoms with E-state index in [1.807, 2.05) is 24.0 Å². The number of hydrogen-bond acceptors (Lipinski definition) is 4. The van der Waals surface area contributed by atoms with Crippen molar-refractivity contribution in [1.82, 2.24) is 15.1 Å². The van der Waals surface area contributed by atoms with Gasteiger partial charge in [0.25, 0.3) is 5.69 Å². The second-order valence-electron chi connectivity index (χ2n) is 4.49. The van der Waals surface area contributed by atoms with Crippen LogP contribution in [0.4, 0.5) is 5.69 Å². The fourth-order valence-corrected chi connectivity index (χ4v) is 2.04. The van der Waals surface area contributed by atoms with E-state index >= 15 is 0 Å². The number of halogens is 1. The lowest BCUT2D eigenvalue weighted by molar-refractivity contribution is -0.384. The van der Waals surface area contributed by atoms with Gasteiger partial charge >= 0.3 is 0 Å². The van der Waals surface area contributed by atoms with E-state index < -0.39 is 4.92 Å². The molecule has 0 bridgehead atoms. The number of non-ortho nitro benzene ring substituents is 1. The number of nitro groups is 1. The molecule has 1 aromatic carbocycles. The molecule has 0 radical (unpaired) electrons. The molecule has 0 unspecified atom stereocenters. The molecule has 0 amide bonds. The van der Waals surface area contributed by atoms with Gasteiger partial charge in [0, 0.05) is 31.4 Å². The summed E-state index contributed by atoms with van der Waals surface area (Å²) < 4.78 is 1.86. The highest BCUT2D eigenvalue weighted by molar-refractivity contribution is 6.31. The van der Waals surface area contributed by atoms with Crippen LogP contribution < -0.4 is 5.32 Å². The summed E-state index contributed by atoms with van der Waals surface area (Å²) in [5.74, 6) is 0. The highest BCUT2D eigenvalue weighted by Gasteiger charge is 2.08. The Labute approximate surface area is 121 Å². The summed E-state index contributed by atoms with van der Waals surface area (Å²) in [4.78, 5) is 10.2. The second-order valence-corrected chi connectivity index (χ2v) is 4.90. The maximum Gasteiger partial charge on any atom is 0.270 e. The Hall–Kier alpha value is -1.92.